The Balaban J connectivity index is 1.25. The number of hydrogen-bond acceptors (Lipinski definition) is 8. The van der Waals surface area contributed by atoms with Crippen molar-refractivity contribution in [3.8, 4) is 11.7 Å². The van der Waals surface area contributed by atoms with Crippen molar-refractivity contribution in [1.29, 1.82) is 0 Å². The van der Waals surface area contributed by atoms with Crippen LogP contribution in [-0.4, -0.2) is 81.3 Å². The van der Waals surface area contributed by atoms with Gasteiger partial charge in [-0.2, -0.15) is 9.97 Å². The van der Waals surface area contributed by atoms with Gasteiger partial charge in [-0.3, -0.25) is 14.3 Å². The van der Waals surface area contributed by atoms with E-state index in [1.807, 2.05) is 4.90 Å². The first-order valence-corrected chi connectivity index (χ1v) is 12.4. The number of hydrogen-bond donors (Lipinski definition) is 0. The van der Waals surface area contributed by atoms with E-state index in [0.717, 1.165) is 0 Å². The van der Waals surface area contributed by atoms with Crippen molar-refractivity contribution in [2.24, 2.45) is 5.92 Å². The number of anilines is 1. The lowest BCUT2D eigenvalue weighted by Crippen LogP contribution is -2.52. The number of rotatable bonds is 7. The maximum Gasteiger partial charge on any atom is 0.296 e. The highest BCUT2D eigenvalue weighted by Crippen LogP contribution is 2.30. The molecule has 4 aromatic rings. The van der Waals surface area contributed by atoms with E-state index in [-0.39, 0.29) is 23.5 Å². The van der Waals surface area contributed by atoms with E-state index in [9.17, 15) is 13.6 Å². The van der Waals surface area contributed by atoms with Crippen LogP contribution < -0.4 is 9.64 Å². The van der Waals surface area contributed by atoms with Crippen molar-refractivity contribution in [1.82, 2.24) is 29.4 Å². The van der Waals surface area contributed by atoms with Crippen molar-refractivity contribution in [3.05, 3.63) is 66.2 Å². The number of pyridine rings is 1. The second-order valence-electron chi connectivity index (χ2n) is 9.16. The second-order valence-corrected chi connectivity index (χ2v) is 9.16. The lowest BCUT2D eigenvalue weighted by Gasteiger charge is -2.38. The lowest BCUT2D eigenvalue weighted by molar-refractivity contribution is 0.0382. The average molecular weight is 522 g/mol. The van der Waals surface area contributed by atoms with E-state index in [1.165, 1.54) is 4.57 Å². The largest absolute Gasteiger partial charge is 0.477 e. The number of carbonyl (C=O) groups is 1. The zero-order chi connectivity index (χ0) is 26.1. The molecule has 1 aromatic carbocycles. The monoisotopic (exact) mass is 521 g/mol. The normalized spacial score (nSPS) is 16.2. The summed E-state index contributed by atoms with van der Waals surface area (Å²) in [7, 11) is 0. The van der Waals surface area contributed by atoms with Gasteiger partial charge in [0.15, 0.2) is 5.82 Å². The number of ether oxygens (including phenoxy) is 2. The fraction of sp³-hybridized carbons (Fsp3) is 0.346. The molecule has 0 saturated carbocycles. The summed E-state index contributed by atoms with van der Waals surface area (Å²) in [5.74, 6) is 0.488. The summed E-state index contributed by atoms with van der Waals surface area (Å²) in [5, 5.41) is 0. The molecular weight excluding hydrogens is 496 g/mol. The Bertz CT molecular complexity index is 1440. The minimum atomic E-state index is -2.80. The summed E-state index contributed by atoms with van der Waals surface area (Å²) in [5.41, 5.74) is 1.37. The predicted molar refractivity (Wildman–Crippen MR) is 134 cm³/mol. The molecule has 0 atom stereocenters. The molecule has 0 N–H and O–H groups in total. The topological polar surface area (TPSA) is 98.5 Å². The van der Waals surface area contributed by atoms with Gasteiger partial charge >= 0.3 is 0 Å². The van der Waals surface area contributed by atoms with Gasteiger partial charge in [-0.05, 0) is 24.3 Å². The highest BCUT2D eigenvalue weighted by atomic mass is 19.3. The van der Waals surface area contributed by atoms with Crippen LogP contribution in [0.2, 0.25) is 0 Å². The summed E-state index contributed by atoms with van der Waals surface area (Å²) in [6.07, 6.45) is -1.21. The molecule has 5 heterocycles. The molecule has 6 rings (SSSR count). The van der Waals surface area contributed by atoms with Gasteiger partial charge in [0, 0.05) is 44.4 Å². The van der Waals surface area contributed by atoms with E-state index in [4.69, 9.17) is 9.47 Å². The molecule has 0 spiro atoms. The molecule has 2 saturated heterocycles. The van der Waals surface area contributed by atoms with Crippen molar-refractivity contribution >= 4 is 22.9 Å². The zero-order valence-electron chi connectivity index (χ0n) is 20.4. The first-order chi connectivity index (χ1) is 18.6. The quantitative estimate of drug-likeness (QED) is 0.366. The second kappa shape index (κ2) is 10.3. The van der Waals surface area contributed by atoms with E-state index in [1.54, 1.807) is 59.6 Å². The fourth-order valence-corrected chi connectivity index (χ4v) is 4.62. The molecule has 3 aromatic heterocycles. The van der Waals surface area contributed by atoms with Gasteiger partial charge in [0.25, 0.3) is 12.3 Å². The first-order valence-electron chi connectivity index (χ1n) is 12.4. The minimum absolute atomic E-state index is 0.110. The Labute approximate surface area is 216 Å². The third-order valence-corrected chi connectivity index (χ3v) is 6.58. The molecule has 2 aliphatic rings. The van der Waals surface area contributed by atoms with Crippen LogP contribution in [0.4, 0.5) is 14.7 Å². The Morgan fingerprint density at radius 1 is 1.05 bits per heavy atom. The first kappa shape index (κ1) is 24.2. The number of morpholine rings is 1. The van der Waals surface area contributed by atoms with E-state index >= 15 is 0 Å². The highest BCUT2D eigenvalue weighted by molar-refractivity contribution is 5.92. The number of nitrogens with zero attached hydrogens (tertiary/aromatic N) is 7. The Morgan fingerprint density at radius 3 is 2.61 bits per heavy atom. The van der Waals surface area contributed by atoms with E-state index in [0.29, 0.717) is 68.7 Å². The number of amides is 1. The van der Waals surface area contributed by atoms with Gasteiger partial charge in [0.2, 0.25) is 11.8 Å². The molecule has 12 heteroatoms. The summed E-state index contributed by atoms with van der Waals surface area (Å²) in [6, 6.07) is 13.7. The molecule has 0 bridgehead atoms. The molecular formula is C26H25F2N7O3. The molecule has 196 valence electrons. The number of carbonyl (C=O) groups excluding carboxylic acids is 1. The van der Waals surface area contributed by atoms with Gasteiger partial charge in [0.05, 0.1) is 30.9 Å². The summed E-state index contributed by atoms with van der Waals surface area (Å²) in [6.45, 7) is 3.56. The molecule has 0 unspecified atom stereocenters. The fourth-order valence-electron chi connectivity index (χ4n) is 4.62. The van der Waals surface area contributed by atoms with Crippen LogP contribution in [0.15, 0.2) is 54.7 Å². The smallest absolute Gasteiger partial charge is 0.296 e. The van der Waals surface area contributed by atoms with Gasteiger partial charge < -0.3 is 19.3 Å². The number of halogens is 2. The molecule has 2 aliphatic heterocycles. The van der Waals surface area contributed by atoms with Crippen molar-refractivity contribution in [3.63, 3.8) is 0 Å². The SMILES string of the molecule is O=C(c1ccccn1)N1CC(COc2cc(-n3c(C(F)F)nc4ccccc43)nc(N3CCOCC3)n2)C1. The standard InChI is InChI=1S/C26H25F2N7O3/c27-23(28)24-30-18-5-1-2-7-20(18)35(24)21-13-22(32-26(31-21)33-9-11-37-12-10-33)38-16-17-14-34(15-17)25(36)19-6-3-4-8-29-19/h1-8,13,17,23H,9-12,14-16H2. The molecule has 2 fully saturated rings. The number of likely N-dealkylation sites (tertiary alicyclic amines) is 1. The van der Waals surface area contributed by atoms with Gasteiger partial charge in [-0.1, -0.05) is 18.2 Å². The number of benzene rings is 1. The van der Waals surface area contributed by atoms with Crippen LogP contribution in [0.1, 0.15) is 22.7 Å². The number of para-hydroxylation sites is 2. The lowest BCUT2D eigenvalue weighted by atomic mass is 10.0. The molecule has 10 nitrogen and oxygen atoms in total. The molecule has 1 amide bonds. The van der Waals surface area contributed by atoms with Crippen LogP contribution in [-0.2, 0) is 4.74 Å². The molecule has 0 aliphatic carbocycles. The van der Waals surface area contributed by atoms with E-state index in [2.05, 4.69) is 19.9 Å². The predicted octanol–water partition coefficient (Wildman–Crippen LogP) is 3.14. The average Bonchev–Trinajstić information content (AvgIpc) is 3.33. The highest BCUT2D eigenvalue weighted by Gasteiger charge is 2.32. The van der Waals surface area contributed by atoms with Crippen LogP contribution in [0.3, 0.4) is 0 Å². The van der Waals surface area contributed by atoms with Crippen LogP contribution in [0.5, 0.6) is 5.88 Å². The Hall–Kier alpha value is -4.19. The third-order valence-electron chi connectivity index (χ3n) is 6.58. The minimum Gasteiger partial charge on any atom is -0.477 e. The van der Waals surface area contributed by atoms with Gasteiger partial charge in [-0.15, -0.1) is 0 Å². The molecule has 0 radical (unpaired) electrons. The Kier molecular flexibility index (Phi) is 6.54. The summed E-state index contributed by atoms with van der Waals surface area (Å²) < 4.78 is 40.9. The number of aromatic nitrogens is 5. The van der Waals surface area contributed by atoms with Crippen LogP contribution in [0, 0.1) is 5.92 Å². The summed E-state index contributed by atoms with van der Waals surface area (Å²) in [4.78, 5) is 33.7. The zero-order valence-corrected chi connectivity index (χ0v) is 20.4. The van der Waals surface area contributed by atoms with E-state index < -0.39 is 12.2 Å². The van der Waals surface area contributed by atoms with Crippen molar-refractivity contribution < 1.29 is 23.0 Å². The van der Waals surface area contributed by atoms with Crippen molar-refractivity contribution in [2.75, 3.05) is 50.9 Å². The number of alkyl halides is 2. The van der Waals surface area contributed by atoms with Crippen molar-refractivity contribution in [2.45, 2.75) is 6.43 Å². The summed E-state index contributed by atoms with van der Waals surface area (Å²) >= 11 is 0. The maximum absolute atomic E-state index is 14.0. The van der Waals surface area contributed by atoms with Crippen LogP contribution >= 0.6 is 0 Å². The van der Waals surface area contributed by atoms with Gasteiger partial charge in [-0.25, -0.2) is 13.8 Å². The number of imidazole rings is 1. The van der Waals surface area contributed by atoms with Crippen LogP contribution in [0.25, 0.3) is 16.9 Å². The maximum atomic E-state index is 14.0. The molecule has 38 heavy (non-hydrogen) atoms. The third kappa shape index (κ3) is 4.74. The Morgan fingerprint density at radius 2 is 1.84 bits per heavy atom. The van der Waals surface area contributed by atoms with Gasteiger partial charge in [0.1, 0.15) is 11.5 Å². The number of fused-ring (bicyclic) bond motifs is 1.